The van der Waals surface area contributed by atoms with Gasteiger partial charge in [-0.1, -0.05) is 47.5 Å². The fourth-order valence-corrected chi connectivity index (χ4v) is 7.54. The Morgan fingerprint density at radius 2 is 1.78 bits per heavy atom. The third kappa shape index (κ3) is 5.28. The van der Waals surface area contributed by atoms with Crippen LogP contribution in [0.25, 0.3) is 0 Å². The normalized spacial score (nSPS) is 27.0. The molecule has 0 spiro atoms. The number of carbonyl (C=O) groups is 2. The zero-order chi connectivity index (χ0) is 26.2. The Balaban J connectivity index is 1.90. The predicted octanol–water partition coefficient (Wildman–Crippen LogP) is 5.22. The number of rotatable bonds is 7. The van der Waals surface area contributed by atoms with Gasteiger partial charge in [-0.05, 0) is 68.5 Å². The third-order valence-corrected chi connectivity index (χ3v) is 10.2. The summed E-state index contributed by atoms with van der Waals surface area (Å²) in [5, 5.41) is 9.14. The van der Waals surface area contributed by atoms with Gasteiger partial charge in [0.15, 0.2) is 9.84 Å². The number of hydrogen-bond acceptors (Lipinski definition) is 5. The van der Waals surface area contributed by atoms with E-state index in [2.05, 4.69) is 0 Å². The fraction of sp³-hybridized carbons (Fsp3) is 0.462. The minimum atomic E-state index is -3.53. The number of ether oxygens (including phenoxy) is 1. The number of sulfone groups is 1. The lowest BCUT2D eigenvalue weighted by Crippen LogP contribution is -2.58. The van der Waals surface area contributed by atoms with E-state index < -0.39 is 62.9 Å². The van der Waals surface area contributed by atoms with Gasteiger partial charge in [-0.3, -0.25) is 9.59 Å². The number of carboxylic acids is 1. The van der Waals surface area contributed by atoms with Gasteiger partial charge >= 0.3 is 5.97 Å². The molecule has 2 aromatic carbocycles. The van der Waals surface area contributed by atoms with Crippen LogP contribution in [0.5, 0.6) is 0 Å². The highest BCUT2D eigenvalue weighted by molar-refractivity contribution is 7.92. The molecule has 1 aliphatic heterocycles. The summed E-state index contributed by atoms with van der Waals surface area (Å²) in [4.78, 5) is 27.1. The molecule has 1 heterocycles. The van der Waals surface area contributed by atoms with Crippen LogP contribution in [0.15, 0.2) is 48.5 Å². The number of carbonyl (C=O) groups excluding carboxylic acids is 1. The molecular weight excluding hydrogens is 525 g/mol. The molecule has 5 atom stereocenters. The topological polar surface area (TPSA) is 101 Å². The van der Waals surface area contributed by atoms with Crippen molar-refractivity contribution in [3.8, 4) is 0 Å². The summed E-state index contributed by atoms with van der Waals surface area (Å²) in [6.45, 7) is 3.29. The Morgan fingerprint density at radius 1 is 1.08 bits per heavy atom. The number of aliphatic carboxylic acids is 1. The molecule has 0 bridgehead atoms. The van der Waals surface area contributed by atoms with Crippen LogP contribution < -0.4 is 0 Å². The first-order valence-corrected chi connectivity index (χ1v) is 14.3. The zero-order valence-corrected chi connectivity index (χ0v) is 22.3. The monoisotopic (exact) mass is 553 g/mol. The van der Waals surface area contributed by atoms with Gasteiger partial charge in [0.2, 0.25) is 0 Å². The third-order valence-electron chi connectivity index (χ3n) is 7.03. The molecule has 0 radical (unpaired) electrons. The van der Waals surface area contributed by atoms with Crippen LogP contribution in [0, 0.1) is 0 Å². The molecular formula is C26H29Cl2NO6S. The van der Waals surface area contributed by atoms with Crippen LogP contribution in [0.1, 0.15) is 62.8 Å². The van der Waals surface area contributed by atoms with E-state index in [0.717, 1.165) is 0 Å². The molecule has 36 heavy (non-hydrogen) atoms. The van der Waals surface area contributed by atoms with E-state index in [0.29, 0.717) is 40.4 Å². The minimum Gasteiger partial charge on any atom is -0.481 e. The lowest BCUT2D eigenvalue weighted by molar-refractivity contribution is -0.183. The Labute approximate surface area is 221 Å². The van der Waals surface area contributed by atoms with Gasteiger partial charge in [0.1, 0.15) is 12.2 Å². The Bertz CT molecular complexity index is 1230. The van der Waals surface area contributed by atoms with Crippen molar-refractivity contribution in [2.45, 2.75) is 74.3 Å². The molecule has 0 aromatic heterocycles. The Hall–Kier alpha value is -2.13. The highest BCUT2D eigenvalue weighted by Crippen LogP contribution is 2.47. The van der Waals surface area contributed by atoms with E-state index in [1.165, 1.54) is 0 Å². The highest BCUT2D eigenvalue weighted by atomic mass is 35.5. The van der Waals surface area contributed by atoms with E-state index in [4.69, 9.17) is 27.9 Å². The number of morpholine rings is 1. The predicted molar refractivity (Wildman–Crippen MR) is 138 cm³/mol. The summed E-state index contributed by atoms with van der Waals surface area (Å²) in [5.74, 6) is -1.70. The first-order chi connectivity index (χ1) is 17.0. The zero-order valence-electron chi connectivity index (χ0n) is 20.0. The molecule has 1 saturated carbocycles. The average Bonchev–Trinajstić information content (AvgIpc) is 3.30. The van der Waals surface area contributed by atoms with Gasteiger partial charge < -0.3 is 14.7 Å². The molecule has 1 aliphatic carbocycles. The summed E-state index contributed by atoms with van der Waals surface area (Å²) in [7, 11) is -3.53. The van der Waals surface area contributed by atoms with Crippen molar-refractivity contribution >= 4 is 44.9 Å². The molecule has 0 unspecified atom stereocenters. The van der Waals surface area contributed by atoms with Crippen molar-refractivity contribution < 1.29 is 27.9 Å². The second kappa shape index (κ2) is 10.7. The summed E-state index contributed by atoms with van der Waals surface area (Å²) >= 11 is 12.4. The van der Waals surface area contributed by atoms with Crippen molar-refractivity contribution in [2.75, 3.05) is 0 Å². The molecule has 194 valence electrons. The van der Waals surface area contributed by atoms with Gasteiger partial charge in [-0.15, -0.1) is 0 Å². The largest absolute Gasteiger partial charge is 0.481 e. The van der Waals surface area contributed by atoms with Gasteiger partial charge in [-0.2, -0.15) is 0 Å². The highest BCUT2D eigenvalue weighted by Gasteiger charge is 2.52. The van der Waals surface area contributed by atoms with E-state index in [-0.39, 0.29) is 0 Å². The van der Waals surface area contributed by atoms with Gasteiger partial charge in [-0.25, -0.2) is 8.42 Å². The van der Waals surface area contributed by atoms with Crippen molar-refractivity contribution in [3.63, 3.8) is 0 Å². The quantitative estimate of drug-likeness (QED) is 0.504. The standard InChI is InChI=1S/C26H29Cl2NO6S/c1-15(2)36(33,34)22-8-4-7-20(22)29-24(16-9-11-18(27)12-10-16)25(17-5-3-6-19(28)13-17)35-21(26(29)32)14-23(30)31/h3,5-6,9-13,15,20-22,24-25H,4,7-8,14H2,1-2H3,(H,30,31)/t20-,21+,22-,24+,25+/m0/s1. The summed E-state index contributed by atoms with van der Waals surface area (Å²) < 4.78 is 32.9. The SMILES string of the molecule is CC(C)S(=O)(=O)[C@H]1CCC[C@@H]1N1C(=O)[C@@H](CC(=O)O)O[C@H](c2cccc(Cl)c2)[C@H]1c1ccc(Cl)cc1. The second-order valence-corrected chi connectivity index (χ2v) is 13.2. The molecule has 10 heteroatoms. The van der Waals surface area contributed by atoms with E-state index in [9.17, 15) is 23.1 Å². The Morgan fingerprint density at radius 3 is 2.39 bits per heavy atom. The smallest absolute Gasteiger partial charge is 0.306 e. The maximum atomic E-state index is 13.9. The van der Waals surface area contributed by atoms with Crippen LogP contribution in [0.3, 0.4) is 0 Å². The van der Waals surface area contributed by atoms with Crippen molar-refractivity contribution in [1.29, 1.82) is 0 Å². The summed E-state index contributed by atoms with van der Waals surface area (Å²) in [6.07, 6.45) is -0.991. The molecule has 1 N–H and O–H groups in total. The minimum absolute atomic E-state index is 0.439. The maximum Gasteiger partial charge on any atom is 0.306 e. The first-order valence-electron chi connectivity index (χ1n) is 11.9. The van der Waals surface area contributed by atoms with Crippen molar-refractivity contribution in [2.24, 2.45) is 0 Å². The van der Waals surface area contributed by atoms with Gasteiger partial charge in [0, 0.05) is 16.1 Å². The maximum absolute atomic E-state index is 13.9. The van der Waals surface area contributed by atoms with E-state index in [1.807, 2.05) is 6.07 Å². The molecule has 2 aliphatic rings. The second-order valence-electron chi connectivity index (χ2n) is 9.61. The van der Waals surface area contributed by atoms with Gasteiger partial charge in [0.25, 0.3) is 5.91 Å². The van der Waals surface area contributed by atoms with Crippen LogP contribution in [-0.4, -0.2) is 52.9 Å². The number of carboxylic acid groups (broad SMARTS) is 1. The molecule has 1 saturated heterocycles. The van der Waals surface area contributed by atoms with Crippen LogP contribution in [-0.2, 0) is 24.2 Å². The van der Waals surface area contributed by atoms with E-state index >= 15 is 0 Å². The number of hydrogen-bond donors (Lipinski definition) is 1. The molecule has 2 fully saturated rings. The molecule has 7 nitrogen and oxygen atoms in total. The number of nitrogens with zero attached hydrogens (tertiary/aromatic N) is 1. The average molecular weight is 554 g/mol. The summed E-state index contributed by atoms with van der Waals surface area (Å²) in [6, 6.07) is 12.7. The van der Waals surface area contributed by atoms with Crippen LogP contribution in [0.4, 0.5) is 0 Å². The number of amides is 1. The van der Waals surface area contributed by atoms with Crippen molar-refractivity contribution in [1.82, 2.24) is 4.90 Å². The number of benzene rings is 2. The Kier molecular flexibility index (Phi) is 8.00. The molecule has 2 aromatic rings. The van der Waals surface area contributed by atoms with Crippen molar-refractivity contribution in [3.05, 3.63) is 69.7 Å². The first kappa shape index (κ1) is 26.9. The molecule has 1 amide bonds. The summed E-state index contributed by atoms with van der Waals surface area (Å²) in [5.41, 5.74) is 1.37. The van der Waals surface area contributed by atoms with E-state index in [1.54, 1.807) is 61.2 Å². The number of halogens is 2. The van der Waals surface area contributed by atoms with Crippen LogP contribution >= 0.6 is 23.2 Å². The van der Waals surface area contributed by atoms with Crippen LogP contribution in [0.2, 0.25) is 10.0 Å². The van der Waals surface area contributed by atoms with Gasteiger partial charge in [0.05, 0.1) is 23.0 Å². The lowest BCUT2D eigenvalue weighted by Gasteiger charge is -2.48. The molecule has 4 rings (SSSR count). The lowest BCUT2D eigenvalue weighted by atomic mass is 9.89. The fourth-order valence-electron chi connectivity index (χ4n) is 5.32.